The van der Waals surface area contributed by atoms with Crippen molar-refractivity contribution < 1.29 is 24.2 Å². The average molecular weight is 450 g/mol. The number of azide groups is 1. The highest BCUT2D eigenvalue weighted by atomic mass is 16.5. The first-order valence-corrected chi connectivity index (χ1v) is 10.9. The number of methoxy groups -OCH3 is 1. The molecule has 2 aromatic carbocycles. The van der Waals surface area contributed by atoms with E-state index in [1.807, 2.05) is 30.3 Å². The quantitative estimate of drug-likeness (QED) is 0.394. The summed E-state index contributed by atoms with van der Waals surface area (Å²) in [5, 5.41) is 14.7. The van der Waals surface area contributed by atoms with Gasteiger partial charge in [-0.3, -0.25) is 14.5 Å². The summed E-state index contributed by atoms with van der Waals surface area (Å²) < 4.78 is 11.0. The minimum atomic E-state index is -2.47. The molecule has 4 rings (SSSR count). The zero-order valence-electron chi connectivity index (χ0n) is 18.4. The maximum Gasteiger partial charge on any atom is 0.269 e. The van der Waals surface area contributed by atoms with Crippen molar-refractivity contribution in [1.29, 1.82) is 0 Å². The van der Waals surface area contributed by atoms with Crippen molar-refractivity contribution in [3.63, 3.8) is 0 Å². The van der Waals surface area contributed by atoms with Crippen molar-refractivity contribution in [3.8, 4) is 5.75 Å². The first-order valence-electron chi connectivity index (χ1n) is 10.9. The van der Waals surface area contributed by atoms with Gasteiger partial charge in [0.1, 0.15) is 18.6 Å². The standard InChI is InChI=1S/C24H26N4O5/c1-32-20-12-11-17(18-9-5-6-10-19(18)20)14-24(31,26-27-25)23(30)28-21(29)15-33-22(28)13-16-7-3-2-4-8-16/h2-4,7-8,11-12,22,31H,5-6,9-10,13-15H2,1H3/t22-,24+/m0/s1. The molecule has 1 aliphatic carbocycles. The first kappa shape index (κ1) is 22.8. The van der Waals surface area contributed by atoms with Crippen molar-refractivity contribution in [3.05, 3.63) is 75.2 Å². The van der Waals surface area contributed by atoms with Gasteiger partial charge in [0.25, 0.3) is 11.8 Å². The molecular formula is C24H26N4O5. The number of aliphatic hydroxyl groups is 1. The predicted octanol–water partition coefficient (Wildman–Crippen LogP) is 3.07. The number of benzene rings is 2. The summed E-state index contributed by atoms with van der Waals surface area (Å²) in [5.41, 5.74) is 10.3. The number of ether oxygens (including phenoxy) is 2. The topological polar surface area (TPSA) is 125 Å². The number of fused-ring (bicyclic) bond motifs is 1. The van der Waals surface area contributed by atoms with Gasteiger partial charge in [0, 0.05) is 17.8 Å². The summed E-state index contributed by atoms with van der Waals surface area (Å²) in [4.78, 5) is 29.6. The minimum absolute atomic E-state index is 0.246. The highest BCUT2D eigenvalue weighted by Crippen LogP contribution is 2.35. The van der Waals surface area contributed by atoms with E-state index in [2.05, 4.69) is 10.0 Å². The molecule has 1 aliphatic heterocycles. The van der Waals surface area contributed by atoms with E-state index in [-0.39, 0.29) is 19.4 Å². The Hall–Kier alpha value is -3.39. The van der Waals surface area contributed by atoms with Crippen LogP contribution in [0.3, 0.4) is 0 Å². The average Bonchev–Trinajstić information content (AvgIpc) is 3.19. The maximum atomic E-state index is 13.4. The molecule has 2 atom stereocenters. The molecule has 0 radical (unpaired) electrons. The van der Waals surface area contributed by atoms with E-state index < -0.39 is 23.8 Å². The molecule has 0 saturated carbocycles. The molecule has 2 aliphatic rings. The Balaban J connectivity index is 1.65. The van der Waals surface area contributed by atoms with Crippen molar-refractivity contribution in [2.75, 3.05) is 13.7 Å². The molecule has 0 spiro atoms. The van der Waals surface area contributed by atoms with Gasteiger partial charge < -0.3 is 14.6 Å². The molecular weight excluding hydrogens is 424 g/mol. The lowest BCUT2D eigenvalue weighted by Crippen LogP contribution is -2.53. The molecule has 9 heteroatoms. The summed E-state index contributed by atoms with van der Waals surface area (Å²) in [6.07, 6.45) is 2.72. The molecule has 1 N–H and O–H groups in total. The highest BCUT2D eigenvalue weighted by Gasteiger charge is 2.47. The monoisotopic (exact) mass is 450 g/mol. The van der Waals surface area contributed by atoms with Gasteiger partial charge in [-0.05, 0) is 64.6 Å². The summed E-state index contributed by atoms with van der Waals surface area (Å²) >= 11 is 0. The number of carbonyl (C=O) groups excluding carboxylic acids is 2. The zero-order valence-corrected chi connectivity index (χ0v) is 18.4. The third-order valence-electron chi connectivity index (χ3n) is 6.23. The van der Waals surface area contributed by atoms with Crippen molar-refractivity contribution >= 4 is 11.8 Å². The molecule has 1 heterocycles. The number of hydrogen-bond acceptors (Lipinski definition) is 6. The Bertz CT molecular complexity index is 1100. The van der Waals surface area contributed by atoms with Crippen molar-refractivity contribution in [1.82, 2.24) is 4.90 Å². The second kappa shape index (κ2) is 9.62. The van der Waals surface area contributed by atoms with E-state index in [1.165, 1.54) is 0 Å². The van der Waals surface area contributed by atoms with Crippen LogP contribution in [0.2, 0.25) is 0 Å². The van der Waals surface area contributed by atoms with Gasteiger partial charge in [-0.15, -0.1) is 0 Å². The molecule has 2 amide bonds. The Morgan fingerprint density at radius 1 is 1.24 bits per heavy atom. The van der Waals surface area contributed by atoms with E-state index in [0.717, 1.165) is 53.0 Å². The number of amides is 2. The summed E-state index contributed by atoms with van der Waals surface area (Å²) in [6.45, 7) is -0.284. The highest BCUT2D eigenvalue weighted by molar-refractivity contribution is 6.01. The van der Waals surface area contributed by atoms with E-state index in [0.29, 0.717) is 5.56 Å². The van der Waals surface area contributed by atoms with Crippen LogP contribution in [0.5, 0.6) is 5.75 Å². The molecule has 2 aromatic rings. The van der Waals surface area contributed by atoms with Crippen LogP contribution in [0.25, 0.3) is 10.4 Å². The smallest absolute Gasteiger partial charge is 0.269 e. The van der Waals surface area contributed by atoms with Gasteiger partial charge in [-0.1, -0.05) is 36.4 Å². The normalized spacial score (nSPS) is 19.4. The molecule has 0 unspecified atom stereocenters. The van der Waals surface area contributed by atoms with Crippen molar-refractivity contribution in [2.24, 2.45) is 5.11 Å². The molecule has 172 valence electrons. The summed E-state index contributed by atoms with van der Waals surface area (Å²) in [7, 11) is 1.61. The third kappa shape index (κ3) is 4.57. The molecule has 0 aromatic heterocycles. The van der Waals surface area contributed by atoms with Crippen LogP contribution in [0.1, 0.15) is 35.1 Å². The van der Waals surface area contributed by atoms with Gasteiger partial charge >= 0.3 is 0 Å². The van der Waals surface area contributed by atoms with Crippen LogP contribution in [0.15, 0.2) is 47.6 Å². The fourth-order valence-electron chi connectivity index (χ4n) is 4.63. The maximum absolute atomic E-state index is 13.4. The molecule has 1 fully saturated rings. The number of nitrogens with zero attached hydrogens (tertiary/aromatic N) is 4. The van der Waals surface area contributed by atoms with Crippen LogP contribution >= 0.6 is 0 Å². The third-order valence-corrected chi connectivity index (χ3v) is 6.23. The number of imide groups is 1. The number of rotatable bonds is 7. The lowest BCUT2D eigenvalue weighted by atomic mass is 9.85. The van der Waals surface area contributed by atoms with E-state index >= 15 is 0 Å². The Morgan fingerprint density at radius 2 is 1.97 bits per heavy atom. The first-order chi connectivity index (χ1) is 16.0. The van der Waals surface area contributed by atoms with Gasteiger partial charge in [0.2, 0.25) is 5.72 Å². The molecule has 1 saturated heterocycles. The fraction of sp³-hybridized carbons (Fsp3) is 0.417. The predicted molar refractivity (Wildman–Crippen MR) is 119 cm³/mol. The van der Waals surface area contributed by atoms with E-state index in [9.17, 15) is 14.7 Å². The van der Waals surface area contributed by atoms with Crippen molar-refractivity contribution in [2.45, 2.75) is 50.5 Å². The second-order valence-corrected chi connectivity index (χ2v) is 8.30. The minimum Gasteiger partial charge on any atom is -0.496 e. The van der Waals surface area contributed by atoms with Crippen LogP contribution in [0, 0.1) is 0 Å². The lowest BCUT2D eigenvalue weighted by molar-refractivity contribution is -0.160. The van der Waals surface area contributed by atoms with E-state index in [4.69, 9.17) is 15.0 Å². The lowest BCUT2D eigenvalue weighted by Gasteiger charge is -2.31. The van der Waals surface area contributed by atoms with Crippen LogP contribution in [-0.4, -0.2) is 47.5 Å². The van der Waals surface area contributed by atoms with Gasteiger partial charge in [0.15, 0.2) is 0 Å². The Kier molecular flexibility index (Phi) is 6.65. The SMILES string of the molecule is COc1ccc(C[C@](O)(N=[N+]=[N-])C(=O)N2C(=O)CO[C@H]2Cc2ccccc2)c2c1CCCC2. The fourth-order valence-corrected chi connectivity index (χ4v) is 4.63. The Morgan fingerprint density at radius 3 is 2.67 bits per heavy atom. The molecule has 0 bridgehead atoms. The van der Waals surface area contributed by atoms with Crippen LogP contribution < -0.4 is 4.74 Å². The molecule has 33 heavy (non-hydrogen) atoms. The van der Waals surface area contributed by atoms with Crippen LogP contribution in [-0.2, 0) is 40.0 Å². The van der Waals surface area contributed by atoms with Gasteiger partial charge in [-0.2, -0.15) is 0 Å². The number of carbonyl (C=O) groups is 2. The largest absolute Gasteiger partial charge is 0.496 e. The van der Waals surface area contributed by atoms with E-state index in [1.54, 1.807) is 19.2 Å². The van der Waals surface area contributed by atoms with Gasteiger partial charge in [0.05, 0.1) is 7.11 Å². The van der Waals surface area contributed by atoms with Gasteiger partial charge in [-0.25, -0.2) is 0 Å². The summed E-state index contributed by atoms with van der Waals surface area (Å²) in [6, 6.07) is 12.8. The second-order valence-electron chi connectivity index (χ2n) is 8.30. The zero-order chi connectivity index (χ0) is 23.4. The summed E-state index contributed by atoms with van der Waals surface area (Å²) in [5.74, 6) is -0.800. The Labute approximate surface area is 191 Å². The van der Waals surface area contributed by atoms with Crippen LogP contribution in [0.4, 0.5) is 0 Å². The number of hydrogen-bond donors (Lipinski definition) is 1. The molecule has 9 nitrogen and oxygen atoms in total.